The van der Waals surface area contributed by atoms with Crippen molar-refractivity contribution in [1.82, 2.24) is 5.32 Å². The molecule has 1 amide bonds. The van der Waals surface area contributed by atoms with Crippen LogP contribution in [0.4, 0.5) is 4.39 Å². The molecule has 140 valence electrons. The Balaban J connectivity index is 2.05. The molecular weight excluding hydrogens is 333 g/mol. The van der Waals surface area contributed by atoms with Crippen LogP contribution in [-0.4, -0.2) is 19.1 Å². The van der Waals surface area contributed by atoms with Crippen molar-refractivity contribution in [3.63, 3.8) is 0 Å². The highest BCUT2D eigenvalue weighted by Crippen LogP contribution is 2.24. The zero-order chi connectivity index (χ0) is 19.1. The number of carbonyl (C=O) groups is 1. The number of nitrogens with one attached hydrogen (secondary N) is 1. The smallest absolute Gasteiger partial charge is 0.261 e. The van der Waals surface area contributed by atoms with Crippen molar-refractivity contribution >= 4 is 5.91 Å². The van der Waals surface area contributed by atoms with Gasteiger partial charge in [0.25, 0.3) is 5.91 Å². The Morgan fingerprint density at radius 1 is 1.00 bits per heavy atom. The van der Waals surface area contributed by atoms with Crippen LogP contribution in [0.3, 0.4) is 0 Å². The van der Waals surface area contributed by atoms with Crippen molar-refractivity contribution in [2.24, 2.45) is 5.92 Å². The Hall–Kier alpha value is -2.56. The Kier molecular flexibility index (Phi) is 7.01. The minimum Gasteiger partial charge on any atom is -0.497 e. The number of carbonyl (C=O) groups excluding carboxylic acids is 1. The van der Waals surface area contributed by atoms with Crippen LogP contribution in [0.5, 0.6) is 11.5 Å². The van der Waals surface area contributed by atoms with Gasteiger partial charge in [0.1, 0.15) is 17.3 Å². The van der Waals surface area contributed by atoms with Crippen molar-refractivity contribution in [2.75, 3.05) is 7.11 Å². The van der Waals surface area contributed by atoms with Gasteiger partial charge >= 0.3 is 0 Å². The highest BCUT2D eigenvalue weighted by molar-refractivity contribution is 5.81. The minimum absolute atomic E-state index is 0.118. The third-order valence-corrected chi connectivity index (χ3v) is 4.04. The summed E-state index contributed by atoms with van der Waals surface area (Å²) in [6, 6.07) is 13.2. The SMILES string of the molecule is COc1ccc([C@@H](CC(C)C)NC(=O)[C@@H](C)Oc2ccc(F)cc2)cc1. The molecule has 0 aliphatic heterocycles. The van der Waals surface area contributed by atoms with Crippen LogP contribution in [0.25, 0.3) is 0 Å². The van der Waals surface area contributed by atoms with Gasteiger partial charge in [0.05, 0.1) is 13.2 Å². The van der Waals surface area contributed by atoms with Crippen LogP contribution >= 0.6 is 0 Å². The maximum atomic E-state index is 13.0. The predicted molar refractivity (Wildman–Crippen MR) is 99.8 cm³/mol. The number of halogens is 1. The maximum absolute atomic E-state index is 13.0. The third kappa shape index (κ3) is 5.76. The lowest BCUT2D eigenvalue weighted by Gasteiger charge is -2.23. The number of rotatable bonds is 8. The van der Waals surface area contributed by atoms with E-state index in [1.165, 1.54) is 24.3 Å². The molecule has 1 N–H and O–H groups in total. The molecule has 5 heteroatoms. The summed E-state index contributed by atoms with van der Waals surface area (Å²) in [4.78, 5) is 12.6. The first-order chi connectivity index (χ1) is 12.4. The molecule has 2 aromatic rings. The molecule has 0 fully saturated rings. The van der Waals surface area contributed by atoms with Crippen LogP contribution in [0.1, 0.15) is 38.8 Å². The second-order valence-electron chi connectivity index (χ2n) is 6.68. The van der Waals surface area contributed by atoms with E-state index in [2.05, 4.69) is 19.2 Å². The molecule has 0 saturated carbocycles. The van der Waals surface area contributed by atoms with E-state index in [-0.39, 0.29) is 17.8 Å². The third-order valence-electron chi connectivity index (χ3n) is 4.04. The van der Waals surface area contributed by atoms with E-state index in [0.717, 1.165) is 17.7 Å². The summed E-state index contributed by atoms with van der Waals surface area (Å²) in [5.41, 5.74) is 1.02. The number of hydrogen-bond acceptors (Lipinski definition) is 3. The van der Waals surface area contributed by atoms with Crippen LogP contribution in [0, 0.1) is 11.7 Å². The van der Waals surface area contributed by atoms with E-state index in [9.17, 15) is 9.18 Å². The van der Waals surface area contributed by atoms with Crippen molar-refractivity contribution < 1.29 is 18.7 Å². The lowest BCUT2D eigenvalue weighted by Crippen LogP contribution is -2.39. The van der Waals surface area contributed by atoms with Gasteiger partial charge in [0.15, 0.2) is 6.10 Å². The molecule has 0 spiro atoms. The zero-order valence-corrected chi connectivity index (χ0v) is 15.7. The predicted octanol–water partition coefficient (Wildman–Crippen LogP) is 4.51. The van der Waals surface area contributed by atoms with E-state index in [1.54, 1.807) is 14.0 Å². The molecule has 0 radical (unpaired) electrons. The zero-order valence-electron chi connectivity index (χ0n) is 15.7. The number of hydrogen-bond donors (Lipinski definition) is 1. The lowest BCUT2D eigenvalue weighted by atomic mass is 9.96. The molecule has 2 aromatic carbocycles. The largest absolute Gasteiger partial charge is 0.497 e. The first kappa shape index (κ1) is 19.8. The quantitative estimate of drug-likeness (QED) is 0.755. The molecular formula is C21H26FNO3. The Labute approximate surface area is 154 Å². The van der Waals surface area contributed by atoms with E-state index in [0.29, 0.717) is 11.7 Å². The molecule has 4 nitrogen and oxygen atoms in total. The number of benzene rings is 2. The first-order valence-corrected chi connectivity index (χ1v) is 8.75. The van der Waals surface area contributed by atoms with Crippen LogP contribution < -0.4 is 14.8 Å². The monoisotopic (exact) mass is 359 g/mol. The Morgan fingerprint density at radius 2 is 1.58 bits per heavy atom. The van der Waals surface area contributed by atoms with E-state index in [4.69, 9.17) is 9.47 Å². The van der Waals surface area contributed by atoms with Gasteiger partial charge in [-0.2, -0.15) is 0 Å². The minimum atomic E-state index is -0.687. The second kappa shape index (κ2) is 9.22. The molecule has 0 aromatic heterocycles. The number of methoxy groups -OCH3 is 1. The normalized spacial score (nSPS) is 13.2. The topological polar surface area (TPSA) is 47.6 Å². The van der Waals surface area contributed by atoms with Crippen molar-refractivity contribution in [2.45, 2.75) is 39.3 Å². The molecule has 0 heterocycles. The summed E-state index contributed by atoms with van der Waals surface area (Å²) < 4.78 is 23.8. The standard InChI is InChI=1S/C21H26FNO3/c1-14(2)13-20(16-5-9-18(25-4)10-6-16)23-21(24)15(3)26-19-11-7-17(22)8-12-19/h5-12,14-15,20H,13H2,1-4H3,(H,23,24)/t15-,20-/m1/s1. The average Bonchev–Trinajstić information content (AvgIpc) is 2.62. The second-order valence-corrected chi connectivity index (χ2v) is 6.68. The van der Waals surface area contributed by atoms with Gasteiger partial charge in [-0.25, -0.2) is 4.39 Å². The fraction of sp³-hybridized carbons (Fsp3) is 0.381. The fourth-order valence-corrected chi connectivity index (χ4v) is 2.65. The van der Waals surface area contributed by atoms with Gasteiger partial charge in [-0.3, -0.25) is 4.79 Å². The summed E-state index contributed by atoms with van der Waals surface area (Å²) in [5, 5.41) is 3.05. The molecule has 2 atom stereocenters. The number of ether oxygens (including phenoxy) is 2. The van der Waals surface area contributed by atoms with Gasteiger partial charge < -0.3 is 14.8 Å². The Bertz CT molecular complexity index is 698. The molecule has 0 bridgehead atoms. The summed E-state index contributed by atoms with van der Waals surface area (Å²) in [7, 11) is 1.62. The molecule has 0 aliphatic carbocycles. The molecule has 26 heavy (non-hydrogen) atoms. The van der Waals surface area contributed by atoms with E-state index in [1.807, 2.05) is 24.3 Å². The van der Waals surface area contributed by atoms with Crippen LogP contribution in [0.15, 0.2) is 48.5 Å². The van der Waals surface area contributed by atoms with Crippen LogP contribution in [0.2, 0.25) is 0 Å². The van der Waals surface area contributed by atoms with Crippen molar-refractivity contribution in [3.8, 4) is 11.5 Å². The number of amides is 1. The molecule has 0 unspecified atom stereocenters. The average molecular weight is 359 g/mol. The summed E-state index contributed by atoms with van der Waals surface area (Å²) in [5.74, 6) is 1.09. The van der Waals surface area contributed by atoms with Gasteiger partial charge in [0.2, 0.25) is 0 Å². The maximum Gasteiger partial charge on any atom is 0.261 e. The molecule has 2 rings (SSSR count). The van der Waals surface area contributed by atoms with Crippen molar-refractivity contribution in [1.29, 1.82) is 0 Å². The highest BCUT2D eigenvalue weighted by atomic mass is 19.1. The van der Waals surface area contributed by atoms with Gasteiger partial charge in [-0.15, -0.1) is 0 Å². The van der Waals surface area contributed by atoms with Gasteiger partial charge in [0, 0.05) is 0 Å². The highest BCUT2D eigenvalue weighted by Gasteiger charge is 2.21. The van der Waals surface area contributed by atoms with Gasteiger partial charge in [-0.05, 0) is 61.2 Å². The fourth-order valence-electron chi connectivity index (χ4n) is 2.65. The molecule has 0 saturated heterocycles. The van der Waals surface area contributed by atoms with Gasteiger partial charge in [-0.1, -0.05) is 26.0 Å². The van der Waals surface area contributed by atoms with Crippen molar-refractivity contribution in [3.05, 3.63) is 59.9 Å². The van der Waals surface area contributed by atoms with Crippen LogP contribution in [-0.2, 0) is 4.79 Å². The summed E-state index contributed by atoms with van der Waals surface area (Å²) >= 11 is 0. The summed E-state index contributed by atoms with van der Waals surface area (Å²) in [6.07, 6.45) is 0.120. The lowest BCUT2D eigenvalue weighted by molar-refractivity contribution is -0.128. The first-order valence-electron chi connectivity index (χ1n) is 8.75. The molecule has 0 aliphatic rings. The summed E-state index contributed by atoms with van der Waals surface area (Å²) in [6.45, 7) is 5.90. The van der Waals surface area contributed by atoms with E-state index >= 15 is 0 Å². The van der Waals surface area contributed by atoms with E-state index < -0.39 is 6.10 Å². The Morgan fingerprint density at radius 3 is 2.12 bits per heavy atom.